The first kappa shape index (κ1) is 26.3. The minimum absolute atomic E-state index is 0.00302. The number of amides is 1. The van der Waals surface area contributed by atoms with Crippen LogP contribution < -0.4 is 13.9 Å². The van der Waals surface area contributed by atoms with E-state index in [9.17, 15) is 13.2 Å². The highest BCUT2D eigenvalue weighted by Gasteiger charge is 2.24. The molecule has 0 saturated carbocycles. The van der Waals surface area contributed by atoms with E-state index in [2.05, 4.69) is 4.90 Å². The van der Waals surface area contributed by atoms with Crippen molar-refractivity contribution in [1.82, 2.24) is 4.90 Å². The predicted molar refractivity (Wildman–Crippen MR) is 155 cm³/mol. The van der Waals surface area contributed by atoms with Gasteiger partial charge in [0.05, 0.1) is 30.5 Å². The summed E-state index contributed by atoms with van der Waals surface area (Å²) in [4.78, 5) is 18.1. The maximum absolute atomic E-state index is 13.3. The molecule has 1 fully saturated rings. The van der Waals surface area contributed by atoms with Crippen LogP contribution in [0.15, 0.2) is 72.8 Å². The molecule has 2 heterocycles. The van der Waals surface area contributed by atoms with Crippen molar-refractivity contribution >= 4 is 60.3 Å². The fourth-order valence-electron chi connectivity index (χ4n) is 4.56. The molecule has 0 aliphatic carbocycles. The molecule has 1 amide bonds. The van der Waals surface area contributed by atoms with Gasteiger partial charge in [-0.3, -0.25) is 9.10 Å². The van der Waals surface area contributed by atoms with Crippen molar-refractivity contribution in [3.8, 4) is 5.75 Å². The van der Waals surface area contributed by atoms with Gasteiger partial charge >= 0.3 is 0 Å². The number of rotatable bonds is 7. The minimum Gasteiger partial charge on any atom is -0.497 e. The average molecular weight is 570 g/mol. The van der Waals surface area contributed by atoms with Crippen molar-refractivity contribution in [3.05, 3.63) is 88.3 Å². The quantitative estimate of drug-likeness (QED) is 0.294. The Labute approximate surface area is 231 Å². The van der Waals surface area contributed by atoms with Crippen LogP contribution in [0.2, 0.25) is 5.02 Å². The number of nitrogens with zero attached hydrogens (tertiary/aromatic N) is 3. The number of hydrogen-bond acceptors (Lipinski definition) is 6. The van der Waals surface area contributed by atoms with Crippen LogP contribution in [-0.2, 0) is 16.6 Å². The topological polar surface area (TPSA) is 70.2 Å². The van der Waals surface area contributed by atoms with Crippen molar-refractivity contribution in [2.75, 3.05) is 48.7 Å². The molecule has 7 nitrogen and oxygen atoms in total. The highest BCUT2D eigenvalue weighted by molar-refractivity contribution is 7.92. The van der Waals surface area contributed by atoms with Crippen LogP contribution in [0.4, 0.5) is 11.4 Å². The van der Waals surface area contributed by atoms with Gasteiger partial charge in [0.25, 0.3) is 5.91 Å². The van der Waals surface area contributed by atoms with Crippen LogP contribution in [0.3, 0.4) is 0 Å². The lowest BCUT2D eigenvalue weighted by molar-refractivity contribution is 0.0751. The molecule has 1 aromatic heterocycles. The van der Waals surface area contributed by atoms with Gasteiger partial charge in [-0.05, 0) is 71.6 Å². The Bertz CT molecular complexity index is 1550. The van der Waals surface area contributed by atoms with E-state index >= 15 is 0 Å². The van der Waals surface area contributed by atoms with E-state index in [4.69, 9.17) is 16.3 Å². The van der Waals surface area contributed by atoms with Gasteiger partial charge in [-0.15, -0.1) is 11.3 Å². The average Bonchev–Trinajstić information content (AvgIpc) is 3.35. The Morgan fingerprint density at radius 3 is 2.29 bits per heavy atom. The van der Waals surface area contributed by atoms with E-state index in [0.717, 1.165) is 40.2 Å². The Kier molecular flexibility index (Phi) is 7.52. The molecule has 5 rings (SSSR count). The number of anilines is 2. The number of thiophene rings is 1. The maximum Gasteiger partial charge on any atom is 0.264 e. The van der Waals surface area contributed by atoms with E-state index in [1.807, 2.05) is 59.5 Å². The third kappa shape index (κ3) is 5.75. The molecule has 4 aromatic rings. The van der Waals surface area contributed by atoms with Crippen LogP contribution in [-0.4, -0.2) is 58.8 Å². The Morgan fingerprint density at radius 2 is 1.66 bits per heavy atom. The molecule has 1 aliphatic rings. The number of sulfonamides is 1. The number of piperazine rings is 1. The minimum atomic E-state index is -3.54. The molecule has 0 atom stereocenters. The van der Waals surface area contributed by atoms with Crippen molar-refractivity contribution in [3.63, 3.8) is 0 Å². The van der Waals surface area contributed by atoms with Gasteiger partial charge in [0.1, 0.15) is 5.75 Å². The lowest BCUT2D eigenvalue weighted by Gasteiger charge is -2.36. The molecule has 0 N–H and O–H groups in total. The highest BCUT2D eigenvalue weighted by atomic mass is 35.5. The fraction of sp³-hybridized carbons (Fsp3) is 0.250. The summed E-state index contributed by atoms with van der Waals surface area (Å²) in [5.41, 5.74) is 2.50. The van der Waals surface area contributed by atoms with Gasteiger partial charge in [0, 0.05) is 41.6 Å². The van der Waals surface area contributed by atoms with Crippen LogP contribution in [0.25, 0.3) is 10.1 Å². The van der Waals surface area contributed by atoms with Crippen LogP contribution in [0.1, 0.15) is 15.2 Å². The normalized spacial score (nSPS) is 14.1. The number of hydrogen-bond donors (Lipinski definition) is 0. The molecule has 38 heavy (non-hydrogen) atoms. The molecule has 1 saturated heterocycles. The Morgan fingerprint density at radius 1 is 0.974 bits per heavy atom. The lowest BCUT2D eigenvalue weighted by Crippen LogP contribution is -2.48. The zero-order valence-corrected chi connectivity index (χ0v) is 23.5. The smallest absolute Gasteiger partial charge is 0.264 e. The monoisotopic (exact) mass is 569 g/mol. The molecule has 0 unspecified atom stereocenters. The number of halogens is 1. The summed E-state index contributed by atoms with van der Waals surface area (Å²) in [7, 11) is -1.89. The molecular weight excluding hydrogens is 542 g/mol. The molecule has 3 aromatic carbocycles. The number of ether oxygens (including phenoxy) is 1. The first-order valence-corrected chi connectivity index (χ1v) is 15.2. The molecule has 0 radical (unpaired) electrons. The van der Waals surface area contributed by atoms with Gasteiger partial charge in [0.2, 0.25) is 10.0 Å². The maximum atomic E-state index is 13.3. The zero-order valence-electron chi connectivity index (χ0n) is 21.1. The van der Waals surface area contributed by atoms with Crippen LogP contribution in [0.5, 0.6) is 5.75 Å². The fourth-order valence-corrected chi connectivity index (χ4v) is 6.58. The van der Waals surface area contributed by atoms with Crippen LogP contribution >= 0.6 is 22.9 Å². The number of benzene rings is 3. The lowest BCUT2D eigenvalue weighted by atomic mass is 10.2. The summed E-state index contributed by atoms with van der Waals surface area (Å²) in [5.74, 6) is 0.823. The number of methoxy groups -OCH3 is 1. The van der Waals surface area contributed by atoms with Crippen molar-refractivity contribution in [1.29, 1.82) is 0 Å². The zero-order chi connectivity index (χ0) is 26.9. The predicted octanol–water partition coefficient (Wildman–Crippen LogP) is 5.49. The summed E-state index contributed by atoms with van der Waals surface area (Å²) in [6.45, 7) is 2.96. The van der Waals surface area contributed by atoms with E-state index in [1.165, 1.54) is 21.9 Å². The van der Waals surface area contributed by atoms with Crippen molar-refractivity contribution in [2.24, 2.45) is 0 Å². The van der Waals surface area contributed by atoms with E-state index in [1.54, 1.807) is 25.3 Å². The molecule has 0 bridgehead atoms. The second-order valence-corrected chi connectivity index (χ2v) is 12.6. The number of fused-ring (bicyclic) bond motifs is 1. The van der Waals surface area contributed by atoms with E-state index in [-0.39, 0.29) is 12.5 Å². The van der Waals surface area contributed by atoms with Crippen molar-refractivity contribution in [2.45, 2.75) is 6.54 Å². The second-order valence-electron chi connectivity index (χ2n) is 9.21. The summed E-state index contributed by atoms with van der Waals surface area (Å²) in [6.07, 6.45) is 1.20. The Balaban J connectivity index is 1.31. The standard InChI is InChI=1S/C28H28ClN3O4S2/c1-36-25-10-7-23(8-11-25)30-13-15-31(16-14-30)28(33)27-18-21-17-24(9-12-26(21)37-27)32(38(2,34)35)19-20-3-5-22(29)6-4-20/h3-12,17-18H,13-16,19H2,1-2H3. The second kappa shape index (κ2) is 10.8. The number of carbonyl (C=O) groups is 1. The third-order valence-corrected chi connectivity index (χ3v) is 9.14. The molecule has 198 valence electrons. The Hall–Kier alpha value is -3.27. The molecule has 1 aliphatic heterocycles. The summed E-state index contributed by atoms with van der Waals surface area (Å²) in [5, 5.41) is 1.44. The number of carbonyl (C=O) groups excluding carboxylic acids is 1. The van der Waals surface area contributed by atoms with Crippen LogP contribution in [0, 0.1) is 0 Å². The first-order chi connectivity index (χ1) is 18.2. The van der Waals surface area contributed by atoms with E-state index < -0.39 is 10.0 Å². The first-order valence-electron chi connectivity index (χ1n) is 12.2. The highest BCUT2D eigenvalue weighted by Crippen LogP contribution is 2.32. The molecule has 10 heteroatoms. The van der Waals surface area contributed by atoms with E-state index in [0.29, 0.717) is 28.7 Å². The summed E-state index contributed by atoms with van der Waals surface area (Å²) >= 11 is 7.41. The van der Waals surface area contributed by atoms with Gasteiger partial charge < -0.3 is 14.5 Å². The molecule has 0 spiro atoms. The van der Waals surface area contributed by atoms with Gasteiger partial charge in [0.15, 0.2) is 0 Å². The largest absolute Gasteiger partial charge is 0.497 e. The van der Waals surface area contributed by atoms with Gasteiger partial charge in [-0.2, -0.15) is 0 Å². The SMILES string of the molecule is COc1ccc(N2CCN(C(=O)c3cc4cc(N(Cc5ccc(Cl)cc5)S(C)(=O)=O)ccc4s3)CC2)cc1. The van der Waals surface area contributed by atoms with Gasteiger partial charge in [-0.25, -0.2) is 8.42 Å². The summed E-state index contributed by atoms with van der Waals surface area (Å²) in [6, 6.07) is 22.4. The van der Waals surface area contributed by atoms with Gasteiger partial charge in [-0.1, -0.05) is 23.7 Å². The molecular formula is C28H28ClN3O4S2. The van der Waals surface area contributed by atoms with Crippen molar-refractivity contribution < 1.29 is 17.9 Å². The summed E-state index contributed by atoms with van der Waals surface area (Å²) < 4.78 is 32.8. The third-order valence-electron chi connectivity index (χ3n) is 6.64.